The Balaban J connectivity index is 1.70. The van der Waals surface area contributed by atoms with E-state index in [0.29, 0.717) is 35.7 Å². The summed E-state index contributed by atoms with van der Waals surface area (Å²) in [6.07, 6.45) is 0.479. The number of carbonyl (C=O) groups is 2. The van der Waals surface area contributed by atoms with E-state index in [1.807, 2.05) is 19.9 Å². The second kappa shape index (κ2) is 9.84. The molecule has 1 heterocycles. The first kappa shape index (κ1) is 24.3. The van der Waals surface area contributed by atoms with Crippen LogP contribution in [0.2, 0.25) is 0 Å². The van der Waals surface area contributed by atoms with Crippen molar-refractivity contribution in [1.29, 1.82) is 0 Å². The van der Waals surface area contributed by atoms with E-state index in [9.17, 15) is 24.8 Å². The number of carboxylic acid groups (broad SMARTS) is 1. The first-order chi connectivity index (χ1) is 16.3. The van der Waals surface area contributed by atoms with Crippen molar-refractivity contribution in [3.8, 4) is 0 Å². The average molecular weight is 504 g/mol. The van der Waals surface area contributed by atoms with Gasteiger partial charge in [-0.05, 0) is 56.0 Å². The summed E-state index contributed by atoms with van der Waals surface area (Å²) in [6.45, 7) is 5.02. The molecule has 8 nitrogen and oxygen atoms in total. The Kier molecular flexibility index (Phi) is 7.04. The molecular formula is C24H26ClN3O5S. The molecule has 2 aromatic carbocycles. The minimum absolute atomic E-state index is 0.00616. The van der Waals surface area contributed by atoms with Gasteiger partial charge in [0.15, 0.2) is 0 Å². The van der Waals surface area contributed by atoms with E-state index < -0.39 is 22.3 Å². The summed E-state index contributed by atoms with van der Waals surface area (Å²) < 4.78 is 0. The number of carboxylic acids is 1. The van der Waals surface area contributed by atoms with Crippen molar-refractivity contribution in [2.75, 3.05) is 18.4 Å². The lowest BCUT2D eigenvalue weighted by Gasteiger charge is -2.36. The monoisotopic (exact) mass is 503 g/mol. The number of hydrogen-bond acceptors (Lipinski definition) is 6. The van der Waals surface area contributed by atoms with Crippen molar-refractivity contribution in [3.05, 3.63) is 63.7 Å². The number of thioether (sulfide) groups is 1. The summed E-state index contributed by atoms with van der Waals surface area (Å²) in [6, 6.07) is 11.0. The van der Waals surface area contributed by atoms with Crippen LogP contribution in [0, 0.1) is 16.0 Å². The van der Waals surface area contributed by atoms with Crippen LogP contribution >= 0.6 is 23.4 Å². The van der Waals surface area contributed by atoms with Crippen molar-refractivity contribution in [2.24, 2.45) is 5.92 Å². The summed E-state index contributed by atoms with van der Waals surface area (Å²) >= 11 is 8.30. The van der Waals surface area contributed by atoms with Gasteiger partial charge in [0, 0.05) is 41.6 Å². The maximum Gasteiger partial charge on any atom is 0.326 e. The highest BCUT2D eigenvalue weighted by atomic mass is 35.5. The molecule has 2 aliphatic rings. The van der Waals surface area contributed by atoms with E-state index in [-0.39, 0.29) is 28.7 Å². The molecule has 2 N–H and O–H groups in total. The molecule has 1 amide bonds. The van der Waals surface area contributed by atoms with Crippen LogP contribution in [0.3, 0.4) is 0 Å². The number of halogens is 1. The van der Waals surface area contributed by atoms with Crippen molar-refractivity contribution < 1.29 is 19.6 Å². The molecule has 10 heteroatoms. The highest BCUT2D eigenvalue weighted by molar-refractivity contribution is 8.00. The molecule has 1 aliphatic carbocycles. The summed E-state index contributed by atoms with van der Waals surface area (Å²) in [4.78, 5) is 38.3. The second-order valence-corrected chi connectivity index (χ2v) is 10.3. The lowest BCUT2D eigenvalue weighted by Crippen LogP contribution is -2.42. The molecule has 34 heavy (non-hydrogen) atoms. The molecule has 1 aliphatic heterocycles. The van der Waals surface area contributed by atoms with Crippen LogP contribution in [0.5, 0.6) is 0 Å². The fraction of sp³-hybridized carbons (Fsp3) is 0.417. The number of fused-ring (bicyclic) bond motifs is 3. The molecule has 4 rings (SSSR count). The lowest BCUT2D eigenvalue weighted by molar-refractivity contribution is -0.387. The molecule has 0 spiro atoms. The van der Waals surface area contributed by atoms with Crippen LogP contribution in [0.4, 0.5) is 11.4 Å². The van der Waals surface area contributed by atoms with Gasteiger partial charge in [0.2, 0.25) is 0 Å². The van der Waals surface area contributed by atoms with Crippen molar-refractivity contribution in [1.82, 2.24) is 4.90 Å². The number of nitrogens with zero attached hydrogens (tertiary/aromatic N) is 2. The van der Waals surface area contributed by atoms with Gasteiger partial charge in [0.05, 0.1) is 15.2 Å². The number of carbonyl (C=O) groups excluding carboxylic acids is 1. The van der Waals surface area contributed by atoms with E-state index in [0.717, 1.165) is 5.56 Å². The highest BCUT2D eigenvalue weighted by Gasteiger charge is 2.52. The normalized spacial score (nSPS) is 25.1. The Morgan fingerprint density at radius 1 is 1.24 bits per heavy atom. The topological polar surface area (TPSA) is 113 Å². The third-order valence-electron chi connectivity index (χ3n) is 6.72. The molecule has 0 bridgehead atoms. The van der Waals surface area contributed by atoms with Crippen LogP contribution in [-0.4, -0.2) is 56.6 Å². The number of benzene rings is 2. The number of nitrogens with one attached hydrogen (secondary N) is 1. The third kappa shape index (κ3) is 4.34. The van der Waals surface area contributed by atoms with Gasteiger partial charge >= 0.3 is 5.97 Å². The van der Waals surface area contributed by atoms with Crippen molar-refractivity contribution in [3.63, 3.8) is 0 Å². The van der Waals surface area contributed by atoms with E-state index in [4.69, 9.17) is 11.6 Å². The molecule has 0 aromatic heterocycles. The molecule has 180 valence electrons. The maximum absolute atomic E-state index is 13.0. The zero-order chi connectivity index (χ0) is 24.6. The van der Waals surface area contributed by atoms with Crippen LogP contribution in [0.15, 0.2) is 47.4 Å². The summed E-state index contributed by atoms with van der Waals surface area (Å²) in [5.74, 6) is -1.67. The number of para-hydroxylation sites is 1. The molecular weight excluding hydrogens is 478 g/mol. The maximum atomic E-state index is 13.0. The molecule has 0 radical (unpaired) electrons. The fourth-order valence-electron chi connectivity index (χ4n) is 5.06. The van der Waals surface area contributed by atoms with E-state index in [1.54, 1.807) is 35.2 Å². The molecule has 0 saturated heterocycles. The Hall–Kier alpha value is -2.78. The standard InChI is InChI=1S/C24H26ClN3O5S/c1-3-27(4-2)23(29)13-9-10-16-14(11-13)20-15(22(26-16)24(30)31)12-19(21(20)25)34-18-8-6-5-7-17(18)28(32)33/h5-11,15,19-22,26H,3-4,12H2,1-2H3,(H,30,31)/t15-,19+,20+,21+,22+/m0/s1. The Morgan fingerprint density at radius 3 is 2.59 bits per heavy atom. The van der Waals surface area contributed by atoms with Crippen LogP contribution in [0.1, 0.15) is 42.1 Å². The van der Waals surface area contributed by atoms with Gasteiger partial charge in [0.1, 0.15) is 6.04 Å². The van der Waals surface area contributed by atoms with E-state index in [2.05, 4.69) is 5.32 Å². The quantitative estimate of drug-likeness (QED) is 0.316. The number of aliphatic carboxylic acids is 1. The van der Waals surface area contributed by atoms with Gasteiger partial charge in [-0.15, -0.1) is 23.4 Å². The van der Waals surface area contributed by atoms with Gasteiger partial charge in [-0.3, -0.25) is 14.9 Å². The zero-order valence-corrected chi connectivity index (χ0v) is 20.4. The molecule has 1 fully saturated rings. The molecule has 0 unspecified atom stereocenters. The van der Waals surface area contributed by atoms with Crippen molar-refractivity contribution in [2.45, 2.75) is 47.8 Å². The van der Waals surface area contributed by atoms with Crippen molar-refractivity contribution >= 4 is 46.6 Å². The average Bonchev–Trinajstić information content (AvgIpc) is 3.15. The summed E-state index contributed by atoms with van der Waals surface area (Å²) in [5.41, 5.74) is 2.03. The largest absolute Gasteiger partial charge is 0.480 e. The number of nitro benzene ring substituents is 1. The predicted octanol–water partition coefficient (Wildman–Crippen LogP) is 4.83. The molecule has 5 atom stereocenters. The Morgan fingerprint density at radius 2 is 1.94 bits per heavy atom. The Labute approximate surface area is 206 Å². The minimum atomic E-state index is -0.968. The number of alkyl halides is 1. The van der Waals surface area contributed by atoms with Gasteiger partial charge in [0.25, 0.3) is 11.6 Å². The molecule has 1 saturated carbocycles. The summed E-state index contributed by atoms with van der Waals surface area (Å²) in [7, 11) is 0. The van der Waals surface area contributed by atoms with E-state index in [1.165, 1.54) is 17.8 Å². The van der Waals surface area contributed by atoms with Gasteiger partial charge in [-0.2, -0.15) is 0 Å². The second-order valence-electron chi connectivity index (χ2n) is 8.49. The Bertz CT molecular complexity index is 1130. The zero-order valence-electron chi connectivity index (χ0n) is 18.8. The predicted molar refractivity (Wildman–Crippen MR) is 132 cm³/mol. The highest BCUT2D eigenvalue weighted by Crippen LogP contribution is 2.55. The van der Waals surface area contributed by atoms with Crippen LogP contribution < -0.4 is 5.32 Å². The number of rotatable bonds is 7. The van der Waals surface area contributed by atoms with Crippen LogP contribution in [0.25, 0.3) is 0 Å². The number of anilines is 1. The lowest BCUT2D eigenvalue weighted by atomic mass is 9.79. The number of amides is 1. The first-order valence-electron chi connectivity index (χ1n) is 11.2. The van der Waals surface area contributed by atoms with Gasteiger partial charge in [-0.25, -0.2) is 4.79 Å². The van der Waals surface area contributed by atoms with Gasteiger partial charge < -0.3 is 15.3 Å². The fourth-order valence-corrected chi connectivity index (χ4v) is 7.00. The number of nitro groups is 1. The number of hydrogen-bond donors (Lipinski definition) is 2. The van der Waals surface area contributed by atoms with E-state index >= 15 is 0 Å². The van der Waals surface area contributed by atoms with Gasteiger partial charge in [-0.1, -0.05) is 12.1 Å². The third-order valence-corrected chi connectivity index (χ3v) is 8.83. The van der Waals surface area contributed by atoms with Crippen LogP contribution in [-0.2, 0) is 4.79 Å². The first-order valence-corrected chi connectivity index (χ1v) is 12.5. The minimum Gasteiger partial charge on any atom is -0.480 e. The smallest absolute Gasteiger partial charge is 0.326 e. The summed E-state index contributed by atoms with van der Waals surface area (Å²) in [5, 5.41) is 23.8. The SMILES string of the molecule is CCN(CC)C(=O)c1ccc2c(c1)[C@H]1[C@H](Cl)[C@H](Sc3ccccc3[N+](=O)[O-])C[C@@H]1[C@H](C(=O)O)N2. The molecule has 2 aromatic rings.